The van der Waals surface area contributed by atoms with Gasteiger partial charge in [-0.25, -0.2) is 4.79 Å². The molecule has 1 heterocycles. The van der Waals surface area contributed by atoms with Gasteiger partial charge in [0.2, 0.25) is 6.10 Å². The molecule has 0 saturated heterocycles. The van der Waals surface area contributed by atoms with Crippen LogP contribution in [-0.2, 0) is 14.4 Å². The Labute approximate surface area is 104 Å². The van der Waals surface area contributed by atoms with Crippen LogP contribution in [0.15, 0.2) is 29.4 Å². The molecule has 0 N–H and O–H groups in total. The summed E-state index contributed by atoms with van der Waals surface area (Å²) >= 11 is 5.79. The van der Waals surface area contributed by atoms with Crippen molar-refractivity contribution in [3.63, 3.8) is 0 Å². The van der Waals surface area contributed by atoms with E-state index in [0.717, 1.165) is 11.3 Å². The molecule has 0 spiro atoms. The summed E-state index contributed by atoms with van der Waals surface area (Å²) in [5.74, 6) is -0.375. The van der Waals surface area contributed by atoms with Crippen LogP contribution in [0.4, 0.5) is 0 Å². The number of carbonyl (C=O) groups is 1. The average molecular weight is 254 g/mol. The van der Waals surface area contributed by atoms with Crippen LogP contribution in [0.25, 0.3) is 0 Å². The van der Waals surface area contributed by atoms with Gasteiger partial charge in [0.1, 0.15) is 0 Å². The van der Waals surface area contributed by atoms with E-state index < -0.39 is 6.10 Å². The van der Waals surface area contributed by atoms with Crippen LogP contribution in [-0.4, -0.2) is 24.4 Å². The molecule has 90 valence electrons. The van der Waals surface area contributed by atoms with Gasteiger partial charge in [0.05, 0.1) is 12.3 Å². The van der Waals surface area contributed by atoms with Gasteiger partial charge in [0, 0.05) is 11.4 Å². The second-order valence-electron chi connectivity index (χ2n) is 3.60. The van der Waals surface area contributed by atoms with E-state index in [9.17, 15) is 4.79 Å². The van der Waals surface area contributed by atoms with E-state index in [1.54, 1.807) is 19.1 Å². The topological polar surface area (TPSA) is 47.9 Å². The third-order valence-corrected chi connectivity index (χ3v) is 2.65. The quantitative estimate of drug-likeness (QED) is 0.777. The first-order valence-corrected chi connectivity index (χ1v) is 5.73. The van der Waals surface area contributed by atoms with Gasteiger partial charge >= 0.3 is 5.97 Å². The lowest BCUT2D eigenvalue weighted by atomic mass is 10.1. The zero-order valence-corrected chi connectivity index (χ0v) is 10.1. The lowest BCUT2D eigenvalue weighted by molar-refractivity contribution is -0.154. The van der Waals surface area contributed by atoms with Crippen LogP contribution in [0.3, 0.4) is 0 Å². The number of benzene rings is 1. The fourth-order valence-corrected chi connectivity index (χ4v) is 1.68. The Morgan fingerprint density at radius 2 is 2.24 bits per heavy atom. The summed E-state index contributed by atoms with van der Waals surface area (Å²) in [5.41, 5.74) is 1.64. The zero-order chi connectivity index (χ0) is 12.3. The van der Waals surface area contributed by atoms with Gasteiger partial charge in [0.15, 0.2) is 0 Å². The Morgan fingerprint density at radius 1 is 1.53 bits per heavy atom. The first-order chi connectivity index (χ1) is 8.20. The second-order valence-corrected chi connectivity index (χ2v) is 4.03. The maximum Gasteiger partial charge on any atom is 0.350 e. The monoisotopic (exact) mass is 253 g/mol. The van der Waals surface area contributed by atoms with Crippen molar-refractivity contribution < 1.29 is 14.4 Å². The highest BCUT2D eigenvalue weighted by atomic mass is 35.5. The Hall–Kier alpha value is -1.55. The van der Waals surface area contributed by atoms with Crippen LogP contribution in [0, 0.1) is 0 Å². The molecule has 0 aliphatic carbocycles. The van der Waals surface area contributed by atoms with Gasteiger partial charge < -0.3 is 9.57 Å². The maximum atomic E-state index is 11.4. The summed E-state index contributed by atoms with van der Waals surface area (Å²) in [5, 5.41) is 4.56. The molecule has 1 atom stereocenters. The van der Waals surface area contributed by atoms with Gasteiger partial charge in [-0.1, -0.05) is 28.9 Å². The standard InChI is InChI=1S/C12H12ClNO3/c1-2-16-12(15)11-7-10(14-17-11)8-3-5-9(13)6-4-8/h3-6,11H,2,7H2,1H3. The largest absolute Gasteiger partial charge is 0.463 e. The molecule has 0 saturated carbocycles. The molecule has 1 unspecified atom stereocenters. The molecular formula is C12H12ClNO3. The third-order valence-electron chi connectivity index (χ3n) is 2.40. The fraction of sp³-hybridized carbons (Fsp3) is 0.333. The van der Waals surface area contributed by atoms with Crippen molar-refractivity contribution in [2.75, 3.05) is 6.61 Å². The average Bonchev–Trinajstić information content (AvgIpc) is 2.80. The second kappa shape index (κ2) is 5.19. The van der Waals surface area contributed by atoms with Crippen molar-refractivity contribution >= 4 is 23.3 Å². The third kappa shape index (κ3) is 2.77. The zero-order valence-electron chi connectivity index (χ0n) is 9.35. The van der Waals surface area contributed by atoms with Gasteiger partial charge in [-0.15, -0.1) is 0 Å². The van der Waals surface area contributed by atoms with Crippen LogP contribution in [0.5, 0.6) is 0 Å². The summed E-state index contributed by atoms with van der Waals surface area (Å²) < 4.78 is 4.87. The van der Waals surface area contributed by atoms with Crippen molar-refractivity contribution in [3.8, 4) is 0 Å². The minimum absolute atomic E-state index is 0.342. The van der Waals surface area contributed by atoms with E-state index in [1.165, 1.54) is 0 Å². The Bertz CT molecular complexity index is 442. The number of esters is 1. The van der Waals surface area contributed by atoms with Gasteiger partial charge in [-0.2, -0.15) is 0 Å². The molecule has 0 radical (unpaired) electrons. The van der Waals surface area contributed by atoms with Gasteiger partial charge in [-0.3, -0.25) is 0 Å². The van der Waals surface area contributed by atoms with Crippen molar-refractivity contribution in [2.45, 2.75) is 19.4 Å². The predicted molar refractivity (Wildman–Crippen MR) is 64.1 cm³/mol. The Morgan fingerprint density at radius 3 is 2.88 bits per heavy atom. The number of oxime groups is 1. The maximum absolute atomic E-state index is 11.4. The van der Waals surface area contributed by atoms with Gasteiger partial charge in [-0.05, 0) is 24.6 Å². The first-order valence-electron chi connectivity index (χ1n) is 5.36. The summed E-state index contributed by atoms with van der Waals surface area (Å²) in [6.45, 7) is 2.10. The van der Waals surface area contributed by atoms with E-state index in [0.29, 0.717) is 18.1 Å². The Balaban J connectivity index is 2.02. The number of carbonyl (C=O) groups excluding carboxylic acids is 1. The molecule has 4 nitrogen and oxygen atoms in total. The summed E-state index contributed by atoms with van der Waals surface area (Å²) in [7, 11) is 0. The first kappa shape index (κ1) is 11.9. The predicted octanol–water partition coefficient (Wildman–Crippen LogP) is 2.40. The SMILES string of the molecule is CCOC(=O)C1CC(c2ccc(Cl)cc2)=NO1. The number of hydrogen-bond donors (Lipinski definition) is 0. The minimum atomic E-state index is -0.624. The Kier molecular flexibility index (Phi) is 3.64. The van der Waals surface area contributed by atoms with Crippen molar-refractivity contribution in [1.29, 1.82) is 0 Å². The van der Waals surface area contributed by atoms with E-state index in [-0.39, 0.29) is 5.97 Å². The van der Waals surface area contributed by atoms with Crippen LogP contribution >= 0.6 is 11.6 Å². The van der Waals surface area contributed by atoms with Crippen molar-refractivity contribution in [1.82, 2.24) is 0 Å². The number of nitrogens with zero attached hydrogens (tertiary/aromatic N) is 1. The highest BCUT2D eigenvalue weighted by Crippen LogP contribution is 2.19. The summed E-state index contributed by atoms with van der Waals surface area (Å²) in [6, 6.07) is 7.24. The van der Waals surface area contributed by atoms with E-state index >= 15 is 0 Å². The molecule has 0 fully saturated rings. The highest BCUT2D eigenvalue weighted by molar-refractivity contribution is 6.30. The minimum Gasteiger partial charge on any atom is -0.463 e. The molecule has 1 aliphatic rings. The lowest BCUT2D eigenvalue weighted by Crippen LogP contribution is -2.23. The van der Waals surface area contributed by atoms with Crippen LogP contribution < -0.4 is 0 Å². The normalized spacial score (nSPS) is 18.5. The molecule has 17 heavy (non-hydrogen) atoms. The van der Waals surface area contributed by atoms with Gasteiger partial charge in [0.25, 0.3) is 0 Å². The molecule has 1 aromatic carbocycles. The number of ether oxygens (including phenoxy) is 1. The van der Waals surface area contributed by atoms with Crippen molar-refractivity contribution in [3.05, 3.63) is 34.9 Å². The highest BCUT2D eigenvalue weighted by Gasteiger charge is 2.29. The molecule has 2 rings (SSSR count). The van der Waals surface area contributed by atoms with E-state index in [4.69, 9.17) is 21.2 Å². The van der Waals surface area contributed by atoms with E-state index in [2.05, 4.69) is 5.16 Å². The fourth-order valence-electron chi connectivity index (χ4n) is 1.55. The molecule has 1 aliphatic heterocycles. The van der Waals surface area contributed by atoms with Crippen LogP contribution in [0.2, 0.25) is 5.02 Å². The molecule has 5 heteroatoms. The number of rotatable bonds is 3. The van der Waals surface area contributed by atoms with Crippen LogP contribution in [0.1, 0.15) is 18.9 Å². The molecule has 0 amide bonds. The van der Waals surface area contributed by atoms with E-state index in [1.807, 2.05) is 12.1 Å². The summed E-state index contributed by atoms with van der Waals surface area (Å²) in [4.78, 5) is 16.5. The number of halogens is 1. The molecular weight excluding hydrogens is 242 g/mol. The summed E-state index contributed by atoms with van der Waals surface area (Å²) in [6.07, 6.45) is -0.193. The smallest absolute Gasteiger partial charge is 0.350 e. The number of hydrogen-bond acceptors (Lipinski definition) is 4. The molecule has 1 aromatic rings. The lowest BCUT2D eigenvalue weighted by Gasteiger charge is -2.06. The molecule has 0 bridgehead atoms. The van der Waals surface area contributed by atoms with Crippen molar-refractivity contribution in [2.24, 2.45) is 5.16 Å². The molecule has 0 aromatic heterocycles.